The lowest BCUT2D eigenvalue weighted by atomic mass is 10.1. The summed E-state index contributed by atoms with van der Waals surface area (Å²) in [5, 5.41) is 0. The highest BCUT2D eigenvalue weighted by Gasteiger charge is 2.08. The van der Waals surface area contributed by atoms with Gasteiger partial charge in [-0.2, -0.15) is 0 Å². The molecule has 19 heavy (non-hydrogen) atoms. The fourth-order valence-corrected chi connectivity index (χ4v) is 2.20. The van der Waals surface area contributed by atoms with E-state index in [1.807, 2.05) is 26.0 Å². The van der Waals surface area contributed by atoms with Gasteiger partial charge in [-0.1, -0.05) is 18.2 Å². The molecule has 0 aliphatic carbocycles. The van der Waals surface area contributed by atoms with Gasteiger partial charge in [0.25, 0.3) is 0 Å². The summed E-state index contributed by atoms with van der Waals surface area (Å²) in [4.78, 5) is 0. The topological polar surface area (TPSA) is 35.2 Å². The van der Waals surface area contributed by atoms with E-state index in [-0.39, 0.29) is 5.82 Å². The van der Waals surface area contributed by atoms with Crippen LogP contribution >= 0.6 is 15.9 Å². The molecule has 0 atom stereocenters. The molecule has 0 saturated carbocycles. The van der Waals surface area contributed by atoms with Gasteiger partial charge in [-0.05, 0) is 47.0 Å². The van der Waals surface area contributed by atoms with Crippen molar-refractivity contribution in [2.75, 3.05) is 5.73 Å². The van der Waals surface area contributed by atoms with Crippen molar-refractivity contribution in [3.05, 3.63) is 57.3 Å². The molecular weight excluding hydrogens is 309 g/mol. The maximum atomic E-state index is 13.4. The second-order valence-corrected chi connectivity index (χ2v) is 5.27. The summed E-state index contributed by atoms with van der Waals surface area (Å²) in [6.45, 7) is 4.21. The molecule has 0 heterocycles. The van der Waals surface area contributed by atoms with Crippen molar-refractivity contribution >= 4 is 21.6 Å². The number of ether oxygens (including phenoxy) is 1. The summed E-state index contributed by atoms with van der Waals surface area (Å²) < 4.78 is 19.5. The van der Waals surface area contributed by atoms with Crippen molar-refractivity contribution in [3.63, 3.8) is 0 Å². The Balaban J connectivity index is 2.19. The smallest absolute Gasteiger partial charge is 0.137 e. The van der Waals surface area contributed by atoms with Crippen LogP contribution in [-0.4, -0.2) is 0 Å². The molecule has 0 unspecified atom stereocenters. The highest BCUT2D eigenvalue weighted by Crippen LogP contribution is 2.27. The van der Waals surface area contributed by atoms with E-state index in [1.54, 1.807) is 12.1 Å². The van der Waals surface area contributed by atoms with Crippen molar-refractivity contribution in [1.29, 1.82) is 0 Å². The molecule has 0 spiro atoms. The minimum atomic E-state index is -0.291. The van der Waals surface area contributed by atoms with Gasteiger partial charge in [-0.25, -0.2) is 4.39 Å². The van der Waals surface area contributed by atoms with E-state index in [2.05, 4.69) is 15.9 Å². The lowest BCUT2D eigenvalue weighted by Crippen LogP contribution is -2.00. The Morgan fingerprint density at radius 1 is 1.21 bits per heavy atom. The summed E-state index contributed by atoms with van der Waals surface area (Å²) in [5.74, 6) is 0.431. The van der Waals surface area contributed by atoms with Gasteiger partial charge in [-0.15, -0.1) is 0 Å². The van der Waals surface area contributed by atoms with Crippen molar-refractivity contribution in [3.8, 4) is 5.75 Å². The van der Waals surface area contributed by atoms with Gasteiger partial charge in [0.05, 0.1) is 4.47 Å². The maximum absolute atomic E-state index is 13.4. The van der Waals surface area contributed by atoms with E-state index in [1.165, 1.54) is 6.07 Å². The van der Waals surface area contributed by atoms with Crippen molar-refractivity contribution < 1.29 is 9.13 Å². The molecule has 0 aliphatic rings. The van der Waals surface area contributed by atoms with Gasteiger partial charge in [-0.3, -0.25) is 0 Å². The van der Waals surface area contributed by atoms with Crippen LogP contribution in [0.3, 0.4) is 0 Å². The predicted octanol–water partition coefficient (Wildman–Crippen LogP) is 4.37. The van der Waals surface area contributed by atoms with Crippen LogP contribution in [0.4, 0.5) is 10.1 Å². The lowest BCUT2D eigenvalue weighted by Gasteiger charge is -2.12. The first-order valence-electron chi connectivity index (χ1n) is 5.91. The average Bonchev–Trinajstić information content (AvgIpc) is 2.37. The molecule has 0 saturated heterocycles. The average molecular weight is 324 g/mol. The predicted molar refractivity (Wildman–Crippen MR) is 78.8 cm³/mol. The van der Waals surface area contributed by atoms with Crippen molar-refractivity contribution in [2.45, 2.75) is 20.5 Å². The van der Waals surface area contributed by atoms with Crippen molar-refractivity contribution in [2.24, 2.45) is 0 Å². The molecular formula is C15H15BrFNO. The monoisotopic (exact) mass is 323 g/mol. The first-order valence-corrected chi connectivity index (χ1v) is 6.70. The van der Waals surface area contributed by atoms with E-state index in [4.69, 9.17) is 10.5 Å². The highest BCUT2D eigenvalue weighted by molar-refractivity contribution is 9.10. The molecule has 0 amide bonds. The number of benzene rings is 2. The Kier molecular flexibility index (Phi) is 4.10. The van der Waals surface area contributed by atoms with E-state index >= 15 is 0 Å². The van der Waals surface area contributed by atoms with Crippen LogP contribution in [-0.2, 0) is 6.61 Å². The van der Waals surface area contributed by atoms with Crippen LogP contribution in [0, 0.1) is 19.7 Å². The van der Waals surface area contributed by atoms with Crippen LogP contribution < -0.4 is 10.5 Å². The van der Waals surface area contributed by atoms with Gasteiger partial charge in [0.1, 0.15) is 18.2 Å². The normalized spacial score (nSPS) is 10.5. The van der Waals surface area contributed by atoms with Crippen LogP contribution in [0.2, 0.25) is 0 Å². The SMILES string of the molecule is Cc1cc(C)c(OCc2cccc(F)c2Br)cc1N. The molecule has 2 N–H and O–H groups in total. The number of nitrogens with two attached hydrogens (primary N) is 1. The van der Waals surface area contributed by atoms with Crippen molar-refractivity contribution in [1.82, 2.24) is 0 Å². The fraction of sp³-hybridized carbons (Fsp3) is 0.200. The minimum absolute atomic E-state index is 0.291. The van der Waals surface area contributed by atoms with Gasteiger partial charge < -0.3 is 10.5 Å². The molecule has 0 aliphatic heterocycles. The number of hydrogen-bond acceptors (Lipinski definition) is 2. The zero-order valence-electron chi connectivity index (χ0n) is 10.8. The van der Waals surface area contributed by atoms with Crippen LogP contribution in [0.15, 0.2) is 34.8 Å². The first kappa shape index (κ1) is 13.9. The fourth-order valence-electron chi connectivity index (χ4n) is 1.82. The van der Waals surface area contributed by atoms with Crippen LogP contribution in [0.25, 0.3) is 0 Å². The molecule has 0 radical (unpaired) electrons. The summed E-state index contributed by atoms with van der Waals surface area (Å²) in [6.07, 6.45) is 0. The number of aryl methyl sites for hydroxylation is 2. The third-order valence-corrected chi connectivity index (χ3v) is 3.87. The minimum Gasteiger partial charge on any atom is -0.489 e. The first-order chi connectivity index (χ1) is 8.99. The van der Waals surface area contributed by atoms with Gasteiger partial charge in [0, 0.05) is 17.3 Å². The zero-order chi connectivity index (χ0) is 14.0. The number of hydrogen-bond donors (Lipinski definition) is 1. The quantitative estimate of drug-likeness (QED) is 0.851. The van der Waals surface area contributed by atoms with E-state index in [0.717, 1.165) is 22.4 Å². The second-order valence-electron chi connectivity index (χ2n) is 4.48. The summed E-state index contributed by atoms with van der Waals surface area (Å²) in [5.41, 5.74) is 9.36. The molecule has 2 nitrogen and oxygen atoms in total. The molecule has 0 bridgehead atoms. The number of rotatable bonds is 3. The van der Waals surface area contributed by atoms with E-state index in [0.29, 0.717) is 16.8 Å². The standard InChI is InChI=1S/C15H15BrFNO/c1-9-6-10(2)14(7-13(9)18)19-8-11-4-3-5-12(17)15(11)16/h3-7H,8,18H2,1-2H3. The summed E-state index contributed by atoms with van der Waals surface area (Å²) in [6, 6.07) is 8.67. The van der Waals surface area contributed by atoms with Crippen LogP contribution in [0.5, 0.6) is 5.75 Å². The Bertz CT molecular complexity index is 613. The molecule has 0 aromatic heterocycles. The van der Waals surface area contributed by atoms with Gasteiger partial charge in [0.2, 0.25) is 0 Å². The highest BCUT2D eigenvalue weighted by atomic mass is 79.9. The number of halogens is 2. The number of nitrogen functional groups attached to an aromatic ring is 1. The summed E-state index contributed by atoms with van der Waals surface area (Å²) >= 11 is 3.22. The molecule has 2 aromatic rings. The summed E-state index contributed by atoms with van der Waals surface area (Å²) in [7, 11) is 0. The molecule has 2 rings (SSSR count). The van der Waals surface area contributed by atoms with Gasteiger partial charge >= 0.3 is 0 Å². The van der Waals surface area contributed by atoms with E-state index < -0.39 is 0 Å². The Morgan fingerprint density at radius 2 is 1.95 bits per heavy atom. The van der Waals surface area contributed by atoms with Crippen LogP contribution in [0.1, 0.15) is 16.7 Å². The molecule has 0 fully saturated rings. The molecule has 100 valence electrons. The third kappa shape index (κ3) is 3.07. The Hall–Kier alpha value is -1.55. The van der Waals surface area contributed by atoms with Gasteiger partial charge in [0.15, 0.2) is 0 Å². The number of anilines is 1. The lowest BCUT2D eigenvalue weighted by molar-refractivity contribution is 0.302. The Morgan fingerprint density at radius 3 is 2.68 bits per heavy atom. The largest absolute Gasteiger partial charge is 0.489 e. The molecule has 4 heteroatoms. The second kappa shape index (κ2) is 5.61. The van der Waals surface area contributed by atoms with E-state index in [9.17, 15) is 4.39 Å². The Labute approximate surface area is 120 Å². The third-order valence-electron chi connectivity index (χ3n) is 2.98. The maximum Gasteiger partial charge on any atom is 0.137 e. The molecule has 2 aromatic carbocycles. The zero-order valence-corrected chi connectivity index (χ0v) is 12.4.